The number of anilines is 1. The fourth-order valence-electron chi connectivity index (χ4n) is 2.15. The Kier molecular flexibility index (Phi) is 3.93. The molecule has 0 bridgehead atoms. The van der Waals surface area contributed by atoms with Crippen LogP contribution in [0, 0.1) is 5.92 Å². The summed E-state index contributed by atoms with van der Waals surface area (Å²) in [6.45, 7) is 2.10. The predicted molar refractivity (Wildman–Crippen MR) is 66.3 cm³/mol. The minimum atomic E-state index is -0.682. The molecule has 1 aliphatic carbocycles. The minimum absolute atomic E-state index is 0.199. The Hall–Kier alpha value is -1.17. The zero-order valence-corrected chi connectivity index (χ0v) is 10.7. The van der Waals surface area contributed by atoms with Gasteiger partial charge in [-0.05, 0) is 25.7 Å². The molecule has 94 valence electrons. The van der Waals surface area contributed by atoms with Crippen LogP contribution in [-0.4, -0.2) is 26.5 Å². The first-order valence-electron chi connectivity index (χ1n) is 6.01. The Balaban J connectivity index is 1.86. The highest BCUT2D eigenvalue weighted by Gasteiger charge is 2.30. The van der Waals surface area contributed by atoms with Gasteiger partial charge in [-0.15, -0.1) is 0 Å². The molecule has 1 aromatic rings. The Labute approximate surface area is 104 Å². The number of nitrogens with zero attached hydrogens (tertiary/aromatic N) is 2. The lowest BCUT2D eigenvalue weighted by atomic mass is 10.1. The van der Waals surface area contributed by atoms with E-state index in [1.54, 1.807) is 0 Å². The highest BCUT2D eigenvalue weighted by molar-refractivity contribution is 7.09. The third-order valence-electron chi connectivity index (χ3n) is 3.05. The first kappa shape index (κ1) is 12.3. The second-order valence-corrected chi connectivity index (χ2v) is 5.21. The summed E-state index contributed by atoms with van der Waals surface area (Å²) >= 11 is 1.37. The first-order valence-corrected chi connectivity index (χ1v) is 6.78. The topological polar surface area (TPSA) is 75.1 Å². The van der Waals surface area contributed by atoms with Gasteiger partial charge in [0.05, 0.1) is 5.92 Å². The average molecular weight is 255 g/mol. The maximum atomic E-state index is 10.8. The zero-order valence-electron chi connectivity index (χ0n) is 9.85. The lowest BCUT2D eigenvalue weighted by Gasteiger charge is -2.09. The third-order valence-corrected chi connectivity index (χ3v) is 3.74. The molecule has 0 aromatic carbocycles. The summed E-state index contributed by atoms with van der Waals surface area (Å²) in [5.41, 5.74) is 0. The van der Waals surface area contributed by atoms with Crippen molar-refractivity contribution in [3.63, 3.8) is 0 Å². The van der Waals surface area contributed by atoms with E-state index in [1.165, 1.54) is 11.5 Å². The van der Waals surface area contributed by atoms with Crippen molar-refractivity contribution in [3.05, 3.63) is 5.82 Å². The molecule has 1 saturated carbocycles. The Morgan fingerprint density at radius 3 is 3.06 bits per heavy atom. The molecule has 1 aromatic heterocycles. The van der Waals surface area contributed by atoms with Crippen LogP contribution in [0.25, 0.3) is 0 Å². The summed E-state index contributed by atoms with van der Waals surface area (Å²) in [5.74, 6) is 0.00144. The van der Waals surface area contributed by atoms with Crippen molar-refractivity contribution < 1.29 is 9.90 Å². The maximum Gasteiger partial charge on any atom is 0.306 e. The molecular formula is C11H17N3O2S. The van der Waals surface area contributed by atoms with E-state index >= 15 is 0 Å². The number of carbonyl (C=O) groups is 1. The number of aromatic nitrogens is 2. The lowest BCUT2D eigenvalue weighted by Crippen LogP contribution is -2.17. The van der Waals surface area contributed by atoms with Gasteiger partial charge in [-0.1, -0.05) is 6.92 Å². The van der Waals surface area contributed by atoms with Gasteiger partial charge < -0.3 is 10.4 Å². The smallest absolute Gasteiger partial charge is 0.306 e. The minimum Gasteiger partial charge on any atom is -0.481 e. The van der Waals surface area contributed by atoms with Gasteiger partial charge in [0, 0.05) is 24.0 Å². The van der Waals surface area contributed by atoms with E-state index in [4.69, 9.17) is 5.11 Å². The quantitative estimate of drug-likeness (QED) is 0.843. The molecular weight excluding hydrogens is 238 g/mol. The summed E-state index contributed by atoms with van der Waals surface area (Å²) in [6, 6.07) is 0.235. The number of rotatable bonds is 5. The van der Waals surface area contributed by atoms with Crippen LogP contribution in [0.2, 0.25) is 0 Å². The van der Waals surface area contributed by atoms with Crippen molar-refractivity contribution in [1.29, 1.82) is 0 Å². The van der Waals surface area contributed by atoms with Crippen molar-refractivity contribution in [2.45, 2.75) is 45.1 Å². The van der Waals surface area contributed by atoms with Crippen molar-refractivity contribution in [3.8, 4) is 0 Å². The summed E-state index contributed by atoms with van der Waals surface area (Å²) < 4.78 is 4.25. The summed E-state index contributed by atoms with van der Waals surface area (Å²) in [4.78, 5) is 15.2. The number of hydrogen-bond donors (Lipinski definition) is 2. The molecule has 1 fully saturated rings. The first-order chi connectivity index (χ1) is 8.19. The van der Waals surface area contributed by atoms with Gasteiger partial charge in [0.1, 0.15) is 5.82 Å². The monoisotopic (exact) mass is 255 g/mol. The van der Waals surface area contributed by atoms with E-state index < -0.39 is 5.97 Å². The predicted octanol–water partition coefficient (Wildman–Crippen LogP) is 2.16. The van der Waals surface area contributed by atoms with Gasteiger partial charge in [0.2, 0.25) is 5.13 Å². The van der Waals surface area contributed by atoms with E-state index in [-0.39, 0.29) is 12.0 Å². The van der Waals surface area contributed by atoms with Crippen LogP contribution >= 0.6 is 11.5 Å². The van der Waals surface area contributed by atoms with E-state index in [0.717, 1.165) is 36.6 Å². The van der Waals surface area contributed by atoms with Gasteiger partial charge >= 0.3 is 5.97 Å². The highest BCUT2D eigenvalue weighted by Crippen LogP contribution is 2.28. The molecule has 0 radical (unpaired) electrons. The standard InChI is InChI=1S/C11H17N3O2S/c1-2-3-9-13-11(17-14-9)12-8-5-4-7(6-8)10(15)16/h7-8H,2-6H2,1H3,(H,15,16)(H,12,13,14). The zero-order chi connectivity index (χ0) is 12.3. The van der Waals surface area contributed by atoms with E-state index in [2.05, 4.69) is 21.6 Å². The van der Waals surface area contributed by atoms with Gasteiger partial charge in [-0.3, -0.25) is 4.79 Å². The number of aliphatic carboxylic acids is 1. The molecule has 0 aliphatic heterocycles. The molecule has 2 rings (SSSR count). The molecule has 5 nitrogen and oxygen atoms in total. The number of nitrogens with one attached hydrogen (secondary N) is 1. The molecule has 17 heavy (non-hydrogen) atoms. The molecule has 1 aliphatic rings. The van der Waals surface area contributed by atoms with Crippen molar-refractivity contribution >= 4 is 22.6 Å². The summed E-state index contributed by atoms with van der Waals surface area (Å²) in [5, 5.41) is 13.0. The Morgan fingerprint density at radius 2 is 2.41 bits per heavy atom. The Morgan fingerprint density at radius 1 is 1.59 bits per heavy atom. The Bertz CT molecular complexity index is 394. The van der Waals surface area contributed by atoms with Crippen LogP contribution in [0.4, 0.5) is 5.13 Å². The van der Waals surface area contributed by atoms with Gasteiger partial charge in [-0.25, -0.2) is 4.98 Å². The number of hydrogen-bond acceptors (Lipinski definition) is 5. The SMILES string of the molecule is CCCc1nsc(NC2CCC(C(=O)O)C2)n1. The normalized spacial score (nSPS) is 23.8. The molecule has 0 spiro atoms. The molecule has 1 heterocycles. The van der Waals surface area contributed by atoms with E-state index in [9.17, 15) is 4.79 Å². The van der Waals surface area contributed by atoms with Crippen LogP contribution in [-0.2, 0) is 11.2 Å². The summed E-state index contributed by atoms with van der Waals surface area (Å²) in [7, 11) is 0. The molecule has 0 saturated heterocycles. The van der Waals surface area contributed by atoms with Crippen molar-refractivity contribution in [2.75, 3.05) is 5.32 Å². The highest BCUT2D eigenvalue weighted by atomic mass is 32.1. The van der Waals surface area contributed by atoms with E-state index in [1.807, 2.05) is 0 Å². The van der Waals surface area contributed by atoms with Gasteiger partial charge in [-0.2, -0.15) is 4.37 Å². The largest absolute Gasteiger partial charge is 0.481 e. The molecule has 2 N–H and O–H groups in total. The fourth-order valence-corrected chi connectivity index (χ4v) is 2.84. The second-order valence-electron chi connectivity index (χ2n) is 4.46. The molecule has 2 unspecified atom stereocenters. The number of carboxylic acid groups (broad SMARTS) is 1. The third kappa shape index (κ3) is 3.15. The molecule has 6 heteroatoms. The lowest BCUT2D eigenvalue weighted by molar-refractivity contribution is -0.141. The van der Waals surface area contributed by atoms with Gasteiger partial charge in [0.15, 0.2) is 0 Å². The van der Waals surface area contributed by atoms with Crippen LogP contribution in [0.3, 0.4) is 0 Å². The number of carboxylic acids is 1. The average Bonchev–Trinajstić information content (AvgIpc) is 2.89. The number of aryl methyl sites for hydroxylation is 1. The second kappa shape index (κ2) is 5.44. The van der Waals surface area contributed by atoms with Crippen molar-refractivity contribution in [1.82, 2.24) is 9.36 Å². The van der Waals surface area contributed by atoms with Gasteiger partial charge in [0.25, 0.3) is 0 Å². The summed E-state index contributed by atoms with van der Waals surface area (Å²) in [6.07, 6.45) is 4.30. The molecule has 2 atom stereocenters. The fraction of sp³-hybridized carbons (Fsp3) is 0.727. The van der Waals surface area contributed by atoms with Crippen molar-refractivity contribution in [2.24, 2.45) is 5.92 Å². The van der Waals surface area contributed by atoms with Crippen LogP contribution in [0.15, 0.2) is 0 Å². The maximum absolute atomic E-state index is 10.8. The molecule has 0 amide bonds. The van der Waals surface area contributed by atoms with Crippen LogP contribution in [0.5, 0.6) is 0 Å². The van der Waals surface area contributed by atoms with E-state index in [0.29, 0.717) is 6.42 Å². The van der Waals surface area contributed by atoms with Crippen LogP contribution in [0.1, 0.15) is 38.4 Å². The van der Waals surface area contributed by atoms with Crippen LogP contribution < -0.4 is 5.32 Å².